The number of aliphatic hydroxyl groups is 1. The van der Waals surface area contributed by atoms with Crippen LogP contribution in [0.5, 0.6) is 11.5 Å². The summed E-state index contributed by atoms with van der Waals surface area (Å²) in [7, 11) is 0. The summed E-state index contributed by atoms with van der Waals surface area (Å²) in [6.45, 7) is 2.29. The highest BCUT2D eigenvalue weighted by atomic mass is 19.1. The molecule has 2 aliphatic heterocycles. The van der Waals surface area contributed by atoms with E-state index in [1.807, 2.05) is 0 Å². The fraction of sp³-hybridized carbons (Fsp3) is 0.310. The molecular formula is C29H28F2N2O5. The molecule has 3 aromatic rings. The first-order valence-corrected chi connectivity index (χ1v) is 12.6. The Morgan fingerprint density at radius 3 is 2.21 bits per heavy atom. The number of ketones is 1. The van der Waals surface area contributed by atoms with Crippen LogP contribution in [0.2, 0.25) is 0 Å². The van der Waals surface area contributed by atoms with Gasteiger partial charge in [0.2, 0.25) is 5.78 Å². The molecule has 1 amide bonds. The normalized spacial score (nSPS) is 16.6. The summed E-state index contributed by atoms with van der Waals surface area (Å²) in [5.74, 6) is -2.60. The molecule has 0 bridgehead atoms. The summed E-state index contributed by atoms with van der Waals surface area (Å²) in [4.78, 5) is 28.0. The van der Waals surface area contributed by atoms with Crippen LogP contribution in [-0.2, 0) is 4.79 Å². The van der Waals surface area contributed by atoms with E-state index >= 15 is 4.39 Å². The van der Waals surface area contributed by atoms with E-state index in [2.05, 4.69) is 10.2 Å². The van der Waals surface area contributed by atoms with Crippen LogP contribution < -0.4 is 14.8 Å². The second-order valence-corrected chi connectivity index (χ2v) is 9.44. The number of aliphatic hydroxyl groups excluding tert-OH is 1. The van der Waals surface area contributed by atoms with E-state index in [0.29, 0.717) is 6.61 Å². The Kier molecular flexibility index (Phi) is 7.67. The number of rotatable bonds is 8. The summed E-state index contributed by atoms with van der Waals surface area (Å²) in [5, 5.41) is 13.8. The summed E-state index contributed by atoms with van der Waals surface area (Å²) < 4.78 is 39.3. The standard InChI is InChI=1S/C29H28F2N2O5/c30-21-9-7-19(8-10-21)18-3-5-20(6-4-18)26(34)29(36)32-23(17-33-13-1-2-14-33)27(35)22-11-12-24-28(25(22)31)38-16-15-37-24/h3-12,23,27,35H,1-2,13-17H2,(H,32,36)/t23-,27+/m1/s1. The van der Waals surface area contributed by atoms with Gasteiger partial charge < -0.3 is 24.8 Å². The van der Waals surface area contributed by atoms with Gasteiger partial charge >= 0.3 is 0 Å². The third-order valence-electron chi connectivity index (χ3n) is 6.88. The van der Waals surface area contributed by atoms with Gasteiger partial charge in [0.05, 0.1) is 6.04 Å². The second-order valence-electron chi connectivity index (χ2n) is 9.44. The van der Waals surface area contributed by atoms with Crippen molar-refractivity contribution in [1.82, 2.24) is 10.2 Å². The van der Waals surface area contributed by atoms with Crippen LogP contribution >= 0.6 is 0 Å². The maximum atomic E-state index is 15.3. The van der Waals surface area contributed by atoms with E-state index in [-0.39, 0.29) is 41.6 Å². The number of nitrogens with one attached hydrogen (secondary N) is 1. The van der Waals surface area contributed by atoms with Gasteiger partial charge in [-0.05, 0) is 61.3 Å². The zero-order valence-electron chi connectivity index (χ0n) is 20.7. The summed E-state index contributed by atoms with van der Waals surface area (Å²) >= 11 is 0. The van der Waals surface area contributed by atoms with E-state index in [9.17, 15) is 19.1 Å². The third kappa shape index (κ3) is 5.54. The molecule has 1 saturated heterocycles. The van der Waals surface area contributed by atoms with Crippen molar-refractivity contribution in [3.05, 3.63) is 83.4 Å². The molecule has 2 aliphatic rings. The van der Waals surface area contributed by atoms with E-state index < -0.39 is 29.7 Å². The Balaban J connectivity index is 1.34. The topological polar surface area (TPSA) is 88.1 Å². The van der Waals surface area contributed by atoms with Crippen molar-refractivity contribution in [1.29, 1.82) is 0 Å². The minimum absolute atomic E-state index is 0.0464. The maximum Gasteiger partial charge on any atom is 0.292 e. The molecule has 9 heteroatoms. The number of ether oxygens (including phenoxy) is 2. The van der Waals surface area contributed by atoms with Gasteiger partial charge in [0, 0.05) is 17.7 Å². The average Bonchev–Trinajstić information content (AvgIpc) is 3.46. The van der Waals surface area contributed by atoms with Crippen LogP contribution in [0.1, 0.15) is 34.9 Å². The zero-order chi connectivity index (χ0) is 26.6. The van der Waals surface area contributed by atoms with Gasteiger partial charge in [-0.1, -0.05) is 36.4 Å². The molecular weight excluding hydrogens is 494 g/mol. The lowest BCUT2D eigenvalue weighted by atomic mass is 9.99. The van der Waals surface area contributed by atoms with Crippen LogP contribution in [0.25, 0.3) is 11.1 Å². The Bertz CT molecular complexity index is 1310. The van der Waals surface area contributed by atoms with Crippen molar-refractivity contribution >= 4 is 11.7 Å². The fourth-order valence-electron chi connectivity index (χ4n) is 4.83. The molecule has 38 heavy (non-hydrogen) atoms. The molecule has 0 aromatic heterocycles. The fourth-order valence-corrected chi connectivity index (χ4v) is 4.83. The highest BCUT2D eigenvalue weighted by Crippen LogP contribution is 2.37. The number of hydrogen-bond donors (Lipinski definition) is 2. The predicted molar refractivity (Wildman–Crippen MR) is 136 cm³/mol. The Labute approximate surface area is 219 Å². The van der Waals surface area contributed by atoms with Gasteiger partial charge in [-0.2, -0.15) is 0 Å². The summed E-state index contributed by atoms with van der Waals surface area (Å²) in [6.07, 6.45) is 0.534. The highest BCUT2D eigenvalue weighted by Gasteiger charge is 2.32. The number of carbonyl (C=O) groups is 2. The number of likely N-dealkylation sites (tertiary alicyclic amines) is 1. The number of nitrogens with zero attached hydrogens (tertiary/aromatic N) is 1. The quantitative estimate of drug-likeness (QED) is 0.345. The van der Waals surface area contributed by atoms with Crippen LogP contribution in [0, 0.1) is 11.6 Å². The SMILES string of the molecule is O=C(N[C@H](CN1CCCC1)[C@@H](O)c1ccc2c(c1F)OCCO2)C(=O)c1ccc(-c2ccc(F)cc2)cc1. The minimum atomic E-state index is -1.43. The first-order chi connectivity index (χ1) is 18.4. The van der Waals surface area contributed by atoms with Crippen molar-refractivity contribution in [2.24, 2.45) is 0 Å². The lowest BCUT2D eigenvalue weighted by molar-refractivity contribution is -0.118. The van der Waals surface area contributed by atoms with E-state index in [1.54, 1.807) is 24.3 Å². The lowest BCUT2D eigenvalue weighted by Gasteiger charge is -2.29. The molecule has 2 N–H and O–H groups in total. The number of halogens is 2. The molecule has 1 fully saturated rings. The highest BCUT2D eigenvalue weighted by molar-refractivity contribution is 6.42. The smallest absolute Gasteiger partial charge is 0.292 e. The molecule has 0 radical (unpaired) electrons. The third-order valence-corrected chi connectivity index (χ3v) is 6.88. The molecule has 2 atom stereocenters. The molecule has 0 aliphatic carbocycles. The molecule has 0 saturated carbocycles. The number of fused-ring (bicyclic) bond motifs is 1. The molecule has 3 aromatic carbocycles. The molecule has 7 nitrogen and oxygen atoms in total. The van der Waals surface area contributed by atoms with Crippen LogP contribution in [0.15, 0.2) is 60.7 Å². The number of hydrogen-bond acceptors (Lipinski definition) is 6. The molecule has 198 valence electrons. The van der Waals surface area contributed by atoms with Crippen LogP contribution in [0.4, 0.5) is 8.78 Å². The van der Waals surface area contributed by atoms with Crippen molar-refractivity contribution in [2.45, 2.75) is 25.0 Å². The van der Waals surface area contributed by atoms with Crippen molar-refractivity contribution in [3.63, 3.8) is 0 Å². The minimum Gasteiger partial charge on any atom is -0.486 e. The van der Waals surface area contributed by atoms with Gasteiger partial charge in [-0.15, -0.1) is 0 Å². The van der Waals surface area contributed by atoms with E-state index in [1.165, 1.54) is 36.4 Å². The van der Waals surface area contributed by atoms with Crippen LogP contribution in [0.3, 0.4) is 0 Å². The lowest BCUT2D eigenvalue weighted by Crippen LogP contribution is -2.48. The summed E-state index contributed by atoms with van der Waals surface area (Å²) in [6, 6.07) is 14.3. The Morgan fingerprint density at radius 2 is 1.53 bits per heavy atom. The molecule has 5 rings (SSSR count). The van der Waals surface area contributed by atoms with Crippen molar-refractivity contribution < 1.29 is 33.0 Å². The Morgan fingerprint density at radius 1 is 0.895 bits per heavy atom. The Hall–Kier alpha value is -3.82. The van der Waals surface area contributed by atoms with Gasteiger partial charge in [-0.3, -0.25) is 9.59 Å². The molecule has 0 spiro atoms. The van der Waals surface area contributed by atoms with E-state index in [4.69, 9.17) is 9.47 Å². The van der Waals surface area contributed by atoms with Gasteiger partial charge in [-0.25, -0.2) is 8.78 Å². The number of amides is 1. The number of carbonyl (C=O) groups excluding carboxylic acids is 2. The van der Waals surface area contributed by atoms with E-state index in [0.717, 1.165) is 37.1 Å². The maximum absolute atomic E-state index is 15.3. The molecule has 2 heterocycles. The predicted octanol–water partition coefficient (Wildman–Crippen LogP) is 3.90. The monoisotopic (exact) mass is 522 g/mol. The first kappa shape index (κ1) is 25.8. The first-order valence-electron chi connectivity index (χ1n) is 12.6. The number of benzene rings is 3. The van der Waals surface area contributed by atoms with Crippen LogP contribution in [-0.4, -0.2) is 60.6 Å². The average molecular weight is 523 g/mol. The number of Topliss-reactive ketones (excluding diaryl/α,β-unsaturated/α-hetero) is 1. The van der Waals surface area contributed by atoms with Crippen molar-refractivity contribution in [3.8, 4) is 22.6 Å². The second kappa shape index (κ2) is 11.3. The van der Waals surface area contributed by atoms with Gasteiger partial charge in [0.1, 0.15) is 25.1 Å². The summed E-state index contributed by atoms with van der Waals surface area (Å²) in [5.41, 5.74) is 1.65. The van der Waals surface area contributed by atoms with Gasteiger partial charge in [0.25, 0.3) is 5.91 Å². The zero-order valence-corrected chi connectivity index (χ0v) is 20.7. The largest absolute Gasteiger partial charge is 0.486 e. The molecule has 0 unspecified atom stereocenters. The van der Waals surface area contributed by atoms with Gasteiger partial charge in [0.15, 0.2) is 17.3 Å². The van der Waals surface area contributed by atoms with Crippen molar-refractivity contribution in [2.75, 3.05) is 32.8 Å².